The summed E-state index contributed by atoms with van der Waals surface area (Å²) < 4.78 is 0. The van der Waals surface area contributed by atoms with Crippen molar-refractivity contribution in [1.82, 2.24) is 9.80 Å². The zero-order valence-electron chi connectivity index (χ0n) is 14.7. The van der Waals surface area contributed by atoms with Crippen LogP contribution in [0.5, 0.6) is 0 Å². The van der Waals surface area contributed by atoms with E-state index in [1.165, 1.54) is 0 Å². The number of carboxylic acid groups (broad SMARTS) is 1. The maximum Gasteiger partial charge on any atom is 0.305 e. The predicted octanol–water partition coefficient (Wildman–Crippen LogP) is 1.96. The second-order valence-electron chi connectivity index (χ2n) is 6.81. The molecular weight excluding hydrogens is 352 g/mol. The average molecular weight is 376 g/mol. The van der Waals surface area contributed by atoms with Crippen molar-refractivity contribution in [3.8, 4) is 0 Å². The molecule has 2 saturated heterocycles. The van der Waals surface area contributed by atoms with Crippen molar-refractivity contribution in [2.24, 2.45) is 5.92 Å². The van der Waals surface area contributed by atoms with Crippen molar-refractivity contribution in [1.29, 1.82) is 0 Å². The van der Waals surface area contributed by atoms with Gasteiger partial charge in [-0.05, 0) is 25.0 Å². The van der Waals surface area contributed by atoms with Crippen LogP contribution in [0.3, 0.4) is 0 Å². The van der Waals surface area contributed by atoms with Crippen molar-refractivity contribution in [2.45, 2.75) is 25.3 Å². The van der Waals surface area contributed by atoms with E-state index in [1.807, 2.05) is 18.2 Å². The summed E-state index contributed by atoms with van der Waals surface area (Å²) in [6.07, 6.45) is 1.53. The molecule has 2 unspecified atom stereocenters. The van der Waals surface area contributed by atoms with Gasteiger partial charge in [0.15, 0.2) is 0 Å². The molecule has 0 bridgehead atoms. The SMILES string of the molecule is O=C(O)CC1CSCCN1C(=O)C1CCCN(C(=O)c2ccccc2)C1. The minimum atomic E-state index is -0.875. The Kier molecular flexibility index (Phi) is 6.19. The van der Waals surface area contributed by atoms with Crippen LogP contribution < -0.4 is 0 Å². The van der Waals surface area contributed by atoms with E-state index in [9.17, 15) is 14.4 Å². The van der Waals surface area contributed by atoms with Gasteiger partial charge in [0.25, 0.3) is 5.91 Å². The highest BCUT2D eigenvalue weighted by atomic mass is 32.2. The third-order valence-electron chi connectivity index (χ3n) is 5.00. The smallest absolute Gasteiger partial charge is 0.305 e. The highest BCUT2D eigenvalue weighted by Gasteiger charge is 2.36. The quantitative estimate of drug-likeness (QED) is 0.869. The Morgan fingerprint density at radius 3 is 2.65 bits per heavy atom. The second kappa shape index (κ2) is 8.58. The largest absolute Gasteiger partial charge is 0.481 e. The normalized spacial score (nSPS) is 23.5. The molecule has 1 aromatic rings. The Morgan fingerprint density at radius 1 is 1.15 bits per heavy atom. The van der Waals surface area contributed by atoms with Gasteiger partial charge in [-0.3, -0.25) is 14.4 Å². The van der Waals surface area contributed by atoms with Gasteiger partial charge in [-0.15, -0.1) is 0 Å². The van der Waals surface area contributed by atoms with Crippen LogP contribution in [0.4, 0.5) is 0 Å². The molecule has 7 heteroatoms. The van der Waals surface area contributed by atoms with Gasteiger partial charge < -0.3 is 14.9 Å². The fraction of sp³-hybridized carbons (Fsp3) is 0.526. The maximum atomic E-state index is 13.0. The fourth-order valence-corrected chi connectivity index (χ4v) is 4.74. The van der Waals surface area contributed by atoms with Gasteiger partial charge in [0.05, 0.1) is 18.4 Å². The van der Waals surface area contributed by atoms with Gasteiger partial charge in [-0.25, -0.2) is 0 Å². The molecule has 1 aromatic carbocycles. The first-order chi connectivity index (χ1) is 12.6. The number of amides is 2. The molecule has 3 rings (SSSR count). The number of benzene rings is 1. The zero-order chi connectivity index (χ0) is 18.5. The summed E-state index contributed by atoms with van der Waals surface area (Å²) in [5.74, 6) is 0.343. The number of nitrogens with zero attached hydrogens (tertiary/aromatic N) is 2. The molecule has 6 nitrogen and oxygen atoms in total. The monoisotopic (exact) mass is 376 g/mol. The molecule has 0 aromatic heterocycles. The van der Waals surface area contributed by atoms with E-state index in [0.717, 1.165) is 18.6 Å². The van der Waals surface area contributed by atoms with E-state index in [-0.39, 0.29) is 30.2 Å². The summed E-state index contributed by atoms with van der Waals surface area (Å²) in [5.41, 5.74) is 0.638. The molecular formula is C19H24N2O4S. The van der Waals surface area contributed by atoms with Crippen LogP contribution in [0.2, 0.25) is 0 Å². The van der Waals surface area contributed by atoms with Crippen LogP contribution in [0.1, 0.15) is 29.6 Å². The number of hydrogen-bond acceptors (Lipinski definition) is 4. The molecule has 0 spiro atoms. The zero-order valence-corrected chi connectivity index (χ0v) is 15.5. The molecule has 0 saturated carbocycles. The Bertz CT molecular complexity index is 667. The van der Waals surface area contributed by atoms with Crippen LogP contribution in [0.25, 0.3) is 0 Å². The second-order valence-corrected chi connectivity index (χ2v) is 7.96. The number of carbonyl (C=O) groups excluding carboxylic acids is 2. The molecule has 2 heterocycles. The number of carboxylic acids is 1. The topological polar surface area (TPSA) is 77.9 Å². The Balaban J connectivity index is 1.67. The summed E-state index contributed by atoms with van der Waals surface area (Å²) in [6, 6.07) is 8.87. The lowest BCUT2D eigenvalue weighted by Crippen LogP contribution is -2.52. The van der Waals surface area contributed by atoms with Crippen LogP contribution in [0, 0.1) is 5.92 Å². The number of rotatable bonds is 4. The first-order valence-corrected chi connectivity index (χ1v) is 10.2. The first-order valence-electron chi connectivity index (χ1n) is 9.00. The van der Waals surface area contributed by atoms with E-state index in [0.29, 0.717) is 31.0 Å². The molecule has 2 aliphatic rings. The Labute approximate surface area is 157 Å². The van der Waals surface area contributed by atoms with Crippen LogP contribution in [-0.2, 0) is 9.59 Å². The van der Waals surface area contributed by atoms with Crippen LogP contribution >= 0.6 is 11.8 Å². The van der Waals surface area contributed by atoms with E-state index in [1.54, 1.807) is 33.7 Å². The Hall–Kier alpha value is -2.02. The third kappa shape index (κ3) is 4.38. The van der Waals surface area contributed by atoms with E-state index < -0.39 is 5.97 Å². The highest BCUT2D eigenvalue weighted by molar-refractivity contribution is 7.99. The summed E-state index contributed by atoms with van der Waals surface area (Å²) in [6.45, 7) is 1.66. The number of piperidine rings is 1. The predicted molar refractivity (Wildman–Crippen MR) is 100 cm³/mol. The summed E-state index contributed by atoms with van der Waals surface area (Å²) in [5, 5.41) is 9.12. The molecule has 0 aliphatic carbocycles. The molecule has 26 heavy (non-hydrogen) atoms. The molecule has 2 fully saturated rings. The summed E-state index contributed by atoms with van der Waals surface area (Å²) in [4.78, 5) is 40.3. The van der Waals surface area contributed by atoms with Gasteiger partial charge in [-0.2, -0.15) is 11.8 Å². The van der Waals surface area contributed by atoms with Crippen molar-refractivity contribution in [2.75, 3.05) is 31.1 Å². The lowest BCUT2D eigenvalue weighted by molar-refractivity contribution is -0.142. The summed E-state index contributed by atoms with van der Waals surface area (Å²) in [7, 11) is 0. The van der Waals surface area contributed by atoms with Gasteiger partial charge in [-0.1, -0.05) is 18.2 Å². The van der Waals surface area contributed by atoms with Gasteiger partial charge in [0.2, 0.25) is 5.91 Å². The number of hydrogen-bond donors (Lipinski definition) is 1. The molecule has 2 amide bonds. The standard InChI is InChI=1S/C19H24N2O4S/c22-17(23)11-16-13-26-10-9-21(16)19(25)15-7-4-8-20(12-15)18(24)14-5-2-1-3-6-14/h1-3,5-6,15-16H,4,7-13H2,(H,22,23). The number of carbonyl (C=O) groups is 3. The lowest BCUT2D eigenvalue weighted by Gasteiger charge is -2.39. The number of likely N-dealkylation sites (tertiary alicyclic amines) is 1. The minimum absolute atomic E-state index is 0.00196. The van der Waals surface area contributed by atoms with Gasteiger partial charge in [0, 0.05) is 36.7 Å². The van der Waals surface area contributed by atoms with Crippen molar-refractivity contribution in [3.05, 3.63) is 35.9 Å². The molecule has 2 aliphatic heterocycles. The van der Waals surface area contributed by atoms with E-state index >= 15 is 0 Å². The summed E-state index contributed by atoms with van der Waals surface area (Å²) >= 11 is 1.69. The number of thioether (sulfide) groups is 1. The van der Waals surface area contributed by atoms with E-state index in [4.69, 9.17) is 5.11 Å². The van der Waals surface area contributed by atoms with Crippen molar-refractivity contribution < 1.29 is 19.5 Å². The third-order valence-corrected chi connectivity index (χ3v) is 6.09. The number of aliphatic carboxylic acids is 1. The highest BCUT2D eigenvalue weighted by Crippen LogP contribution is 2.25. The van der Waals surface area contributed by atoms with Crippen molar-refractivity contribution in [3.63, 3.8) is 0 Å². The molecule has 140 valence electrons. The molecule has 1 N–H and O–H groups in total. The molecule has 0 radical (unpaired) electrons. The lowest BCUT2D eigenvalue weighted by atomic mass is 9.95. The fourth-order valence-electron chi connectivity index (χ4n) is 3.68. The minimum Gasteiger partial charge on any atom is -0.481 e. The van der Waals surface area contributed by atoms with Gasteiger partial charge in [0.1, 0.15) is 0 Å². The van der Waals surface area contributed by atoms with Crippen LogP contribution in [-0.4, -0.2) is 69.9 Å². The molecule has 2 atom stereocenters. The van der Waals surface area contributed by atoms with E-state index in [2.05, 4.69) is 0 Å². The average Bonchev–Trinajstić information content (AvgIpc) is 2.67. The van der Waals surface area contributed by atoms with Gasteiger partial charge >= 0.3 is 5.97 Å². The van der Waals surface area contributed by atoms with Crippen LogP contribution in [0.15, 0.2) is 30.3 Å². The maximum absolute atomic E-state index is 13.0. The van der Waals surface area contributed by atoms with Crippen molar-refractivity contribution >= 4 is 29.5 Å². The Morgan fingerprint density at radius 2 is 1.92 bits per heavy atom. The first kappa shape index (κ1) is 18.8.